The number of nitrogens with zero attached hydrogens (tertiary/aromatic N) is 4. The van der Waals surface area contributed by atoms with Crippen molar-refractivity contribution in [3.05, 3.63) is 54.5 Å². The van der Waals surface area contributed by atoms with Gasteiger partial charge in [0.2, 0.25) is 0 Å². The van der Waals surface area contributed by atoms with Gasteiger partial charge in [-0.15, -0.1) is 11.3 Å². The zero-order chi connectivity index (χ0) is 16.3. The Morgan fingerprint density at radius 1 is 1.08 bits per heavy atom. The number of pyridine rings is 2. The Kier molecular flexibility index (Phi) is 2.76. The standard InChI is InChI=1S/C19H14N4S/c1-11-5-6-13(17-16(11)12-4-3-8-21-19(12)24-17)18-22-14-7-9-20-10-15(14)23(18)2/h3-10H,1-2H3. The lowest BCUT2D eigenvalue weighted by Crippen LogP contribution is -1.93. The molecule has 0 aliphatic carbocycles. The molecule has 0 N–H and O–H groups in total. The van der Waals surface area contributed by atoms with Crippen LogP contribution in [0.3, 0.4) is 0 Å². The van der Waals surface area contributed by atoms with Crippen molar-refractivity contribution in [1.82, 2.24) is 19.5 Å². The fourth-order valence-electron chi connectivity index (χ4n) is 3.33. The lowest BCUT2D eigenvalue weighted by molar-refractivity contribution is 0.958. The summed E-state index contributed by atoms with van der Waals surface area (Å²) in [6.07, 6.45) is 5.50. The van der Waals surface area contributed by atoms with E-state index in [1.54, 1.807) is 17.5 Å². The minimum absolute atomic E-state index is 0.967. The monoisotopic (exact) mass is 330 g/mol. The van der Waals surface area contributed by atoms with Gasteiger partial charge in [0.1, 0.15) is 10.7 Å². The van der Waals surface area contributed by atoms with Gasteiger partial charge in [-0.2, -0.15) is 0 Å². The molecule has 0 fully saturated rings. The van der Waals surface area contributed by atoms with Gasteiger partial charge in [0.15, 0.2) is 0 Å². The molecule has 5 rings (SSSR count). The molecule has 5 aromatic rings. The van der Waals surface area contributed by atoms with Crippen molar-refractivity contribution in [2.45, 2.75) is 6.92 Å². The summed E-state index contributed by atoms with van der Waals surface area (Å²) in [6, 6.07) is 10.4. The predicted molar refractivity (Wildman–Crippen MR) is 99.4 cm³/mol. The van der Waals surface area contributed by atoms with Crippen LogP contribution in [0.4, 0.5) is 0 Å². The first-order valence-electron chi connectivity index (χ1n) is 7.77. The maximum Gasteiger partial charge on any atom is 0.142 e. The molecule has 0 saturated heterocycles. The normalized spacial score (nSPS) is 11.8. The van der Waals surface area contributed by atoms with Crippen molar-refractivity contribution in [3.63, 3.8) is 0 Å². The molecular weight excluding hydrogens is 316 g/mol. The molecule has 0 saturated carbocycles. The minimum Gasteiger partial charge on any atom is -0.326 e. The highest BCUT2D eigenvalue weighted by Gasteiger charge is 2.17. The Labute approximate surface area is 142 Å². The number of hydrogen-bond acceptors (Lipinski definition) is 4. The SMILES string of the molecule is Cc1ccc(-c2nc3ccncc3n2C)c2sc3ncccc3c12. The Morgan fingerprint density at radius 2 is 2.00 bits per heavy atom. The van der Waals surface area contributed by atoms with Gasteiger partial charge in [0.25, 0.3) is 0 Å². The molecule has 0 radical (unpaired) electrons. The minimum atomic E-state index is 0.967. The van der Waals surface area contributed by atoms with Crippen molar-refractivity contribution in [2.75, 3.05) is 0 Å². The van der Waals surface area contributed by atoms with E-state index >= 15 is 0 Å². The van der Waals surface area contributed by atoms with Crippen molar-refractivity contribution >= 4 is 42.7 Å². The Hall–Kier alpha value is -2.79. The van der Waals surface area contributed by atoms with E-state index in [0.29, 0.717) is 0 Å². The van der Waals surface area contributed by atoms with E-state index in [0.717, 1.165) is 27.3 Å². The van der Waals surface area contributed by atoms with Gasteiger partial charge < -0.3 is 4.57 Å². The van der Waals surface area contributed by atoms with Gasteiger partial charge >= 0.3 is 0 Å². The first-order chi connectivity index (χ1) is 11.7. The van der Waals surface area contributed by atoms with Gasteiger partial charge in [-0.05, 0) is 36.8 Å². The molecule has 4 nitrogen and oxygen atoms in total. The van der Waals surface area contributed by atoms with Crippen LogP contribution in [0, 0.1) is 6.92 Å². The van der Waals surface area contributed by atoms with Crippen LogP contribution >= 0.6 is 11.3 Å². The smallest absolute Gasteiger partial charge is 0.142 e. The van der Waals surface area contributed by atoms with E-state index < -0.39 is 0 Å². The summed E-state index contributed by atoms with van der Waals surface area (Å²) in [4.78, 5) is 14.7. The molecule has 0 aliphatic rings. The highest BCUT2D eigenvalue weighted by Crippen LogP contribution is 2.40. The molecule has 0 atom stereocenters. The van der Waals surface area contributed by atoms with Crippen LogP contribution in [0.5, 0.6) is 0 Å². The number of fused-ring (bicyclic) bond motifs is 4. The second-order valence-corrected chi connectivity index (χ2v) is 6.95. The Bertz CT molecular complexity index is 1230. The fourth-order valence-corrected chi connectivity index (χ4v) is 4.56. The second kappa shape index (κ2) is 4.85. The quantitative estimate of drug-likeness (QED) is 0.447. The molecule has 4 heterocycles. The molecule has 0 bridgehead atoms. The third-order valence-corrected chi connectivity index (χ3v) is 5.68. The number of imidazole rings is 1. The van der Waals surface area contributed by atoms with Gasteiger partial charge in [0.05, 0.1) is 17.2 Å². The molecule has 116 valence electrons. The summed E-state index contributed by atoms with van der Waals surface area (Å²) in [7, 11) is 2.05. The fraction of sp³-hybridized carbons (Fsp3) is 0.105. The second-order valence-electron chi connectivity index (χ2n) is 5.95. The molecular formula is C19H14N4S. The van der Waals surface area contributed by atoms with Crippen LogP contribution in [-0.4, -0.2) is 19.5 Å². The largest absolute Gasteiger partial charge is 0.326 e. The van der Waals surface area contributed by atoms with E-state index in [1.807, 2.05) is 31.6 Å². The molecule has 0 spiro atoms. The van der Waals surface area contributed by atoms with Crippen molar-refractivity contribution < 1.29 is 0 Å². The maximum absolute atomic E-state index is 4.84. The van der Waals surface area contributed by atoms with E-state index in [2.05, 4.69) is 39.7 Å². The average Bonchev–Trinajstić information content (AvgIpc) is 3.15. The summed E-state index contributed by atoms with van der Waals surface area (Å²) in [5.74, 6) is 0.967. The summed E-state index contributed by atoms with van der Waals surface area (Å²) < 4.78 is 3.36. The number of benzene rings is 1. The molecule has 1 aromatic carbocycles. The highest BCUT2D eigenvalue weighted by atomic mass is 32.1. The van der Waals surface area contributed by atoms with Crippen molar-refractivity contribution in [3.8, 4) is 11.4 Å². The molecule has 4 aromatic heterocycles. The van der Waals surface area contributed by atoms with Crippen LogP contribution in [0.25, 0.3) is 42.7 Å². The van der Waals surface area contributed by atoms with Gasteiger partial charge in [-0.1, -0.05) is 6.07 Å². The number of aryl methyl sites for hydroxylation is 2. The van der Waals surface area contributed by atoms with Gasteiger partial charge in [-0.3, -0.25) is 4.98 Å². The zero-order valence-electron chi connectivity index (χ0n) is 13.3. The third kappa shape index (κ3) is 1.76. The zero-order valence-corrected chi connectivity index (χ0v) is 14.1. The topological polar surface area (TPSA) is 43.6 Å². The third-order valence-electron chi connectivity index (χ3n) is 4.53. The van der Waals surface area contributed by atoms with Crippen LogP contribution in [0.2, 0.25) is 0 Å². The summed E-state index contributed by atoms with van der Waals surface area (Å²) in [6.45, 7) is 2.16. The Balaban J connectivity index is 1.92. The van der Waals surface area contributed by atoms with Crippen molar-refractivity contribution in [2.24, 2.45) is 7.05 Å². The van der Waals surface area contributed by atoms with Crippen LogP contribution in [0.15, 0.2) is 48.9 Å². The van der Waals surface area contributed by atoms with E-state index in [1.165, 1.54) is 21.0 Å². The summed E-state index contributed by atoms with van der Waals surface area (Å²) >= 11 is 1.74. The van der Waals surface area contributed by atoms with Gasteiger partial charge in [-0.25, -0.2) is 9.97 Å². The van der Waals surface area contributed by atoms with E-state index in [9.17, 15) is 0 Å². The number of thiophene rings is 1. The molecule has 24 heavy (non-hydrogen) atoms. The highest BCUT2D eigenvalue weighted by molar-refractivity contribution is 7.26. The van der Waals surface area contributed by atoms with Crippen LogP contribution in [0.1, 0.15) is 5.56 Å². The first kappa shape index (κ1) is 13.6. The van der Waals surface area contributed by atoms with Crippen LogP contribution in [-0.2, 0) is 7.05 Å². The summed E-state index contributed by atoms with van der Waals surface area (Å²) in [5.41, 5.74) is 4.43. The number of rotatable bonds is 1. The number of aromatic nitrogens is 4. The van der Waals surface area contributed by atoms with E-state index in [4.69, 9.17) is 4.98 Å². The van der Waals surface area contributed by atoms with Crippen molar-refractivity contribution in [1.29, 1.82) is 0 Å². The summed E-state index contributed by atoms with van der Waals surface area (Å²) in [5, 5.41) is 2.50. The van der Waals surface area contributed by atoms with Crippen LogP contribution < -0.4 is 0 Å². The Morgan fingerprint density at radius 3 is 2.88 bits per heavy atom. The lowest BCUT2D eigenvalue weighted by Gasteiger charge is -2.06. The number of hydrogen-bond donors (Lipinski definition) is 0. The molecule has 5 heteroatoms. The maximum atomic E-state index is 4.84. The average molecular weight is 330 g/mol. The first-order valence-corrected chi connectivity index (χ1v) is 8.59. The lowest BCUT2D eigenvalue weighted by atomic mass is 10.0. The van der Waals surface area contributed by atoms with Gasteiger partial charge in [0, 0.05) is 40.5 Å². The molecule has 0 unspecified atom stereocenters. The predicted octanol–water partition coefficient (Wildman–Crippen LogP) is 4.71. The molecule has 0 amide bonds. The van der Waals surface area contributed by atoms with E-state index in [-0.39, 0.29) is 0 Å². The molecule has 0 aliphatic heterocycles.